The van der Waals surface area contributed by atoms with Gasteiger partial charge in [0, 0.05) is 46.4 Å². The molecule has 0 heterocycles. The number of allylic oxidation sites excluding steroid dienone is 6. The van der Waals surface area contributed by atoms with Gasteiger partial charge in [-0.15, -0.1) is 0 Å². The molecule has 1 atom stereocenters. The van der Waals surface area contributed by atoms with Crippen LogP contribution in [0.25, 0.3) is 0 Å². The van der Waals surface area contributed by atoms with Crippen molar-refractivity contribution in [2.24, 2.45) is 10.9 Å². The monoisotopic (exact) mass is 732 g/mol. The summed E-state index contributed by atoms with van der Waals surface area (Å²) in [5.41, 5.74) is 4.27. The molecular formula is C43H65F4N3O2. The number of hydrogen-bond acceptors (Lipinski definition) is 4. The Morgan fingerprint density at radius 2 is 1.37 bits per heavy atom. The summed E-state index contributed by atoms with van der Waals surface area (Å²) in [7, 11) is 4.95. The molecule has 9 heteroatoms. The Balaban J connectivity index is -0.00000147. The summed E-state index contributed by atoms with van der Waals surface area (Å²) in [5.74, 6) is 1.17. The fourth-order valence-corrected chi connectivity index (χ4v) is 3.86. The molecule has 0 N–H and O–H groups in total. The summed E-state index contributed by atoms with van der Waals surface area (Å²) in [6.07, 6.45) is 13.8. The van der Waals surface area contributed by atoms with E-state index in [-0.39, 0.29) is 11.7 Å². The van der Waals surface area contributed by atoms with Gasteiger partial charge in [0.25, 0.3) is 0 Å². The van der Waals surface area contributed by atoms with Crippen LogP contribution in [0, 0.1) is 5.92 Å². The summed E-state index contributed by atoms with van der Waals surface area (Å²) >= 11 is 0. The molecule has 292 valence electrons. The highest BCUT2D eigenvalue weighted by Crippen LogP contribution is 2.17. The summed E-state index contributed by atoms with van der Waals surface area (Å²) in [5, 5.41) is 0. The van der Waals surface area contributed by atoms with Gasteiger partial charge < -0.3 is 14.4 Å². The van der Waals surface area contributed by atoms with E-state index in [1.54, 1.807) is 31.2 Å². The zero-order valence-electron chi connectivity index (χ0n) is 33.5. The van der Waals surface area contributed by atoms with Gasteiger partial charge in [0.1, 0.15) is 11.6 Å². The lowest BCUT2D eigenvalue weighted by atomic mass is 10.1. The lowest BCUT2D eigenvalue weighted by Gasteiger charge is -2.24. The van der Waals surface area contributed by atoms with Crippen LogP contribution in [0.5, 0.6) is 0 Å². The fourth-order valence-electron chi connectivity index (χ4n) is 3.86. The maximum Gasteiger partial charge on any atom is 0.387 e. The molecule has 0 fully saturated rings. The van der Waals surface area contributed by atoms with E-state index < -0.39 is 13.2 Å². The van der Waals surface area contributed by atoms with Crippen molar-refractivity contribution in [2.75, 3.05) is 34.3 Å². The van der Waals surface area contributed by atoms with Gasteiger partial charge in [0.05, 0.1) is 5.70 Å². The van der Waals surface area contributed by atoms with Crippen LogP contribution >= 0.6 is 0 Å². The second-order valence-corrected chi connectivity index (χ2v) is 11.0. The molecule has 0 amide bonds. The molecule has 1 unspecified atom stereocenters. The zero-order chi connectivity index (χ0) is 40.3. The lowest BCUT2D eigenvalue weighted by molar-refractivity contribution is -0.105. The molecule has 52 heavy (non-hydrogen) atoms. The van der Waals surface area contributed by atoms with Crippen molar-refractivity contribution in [3.05, 3.63) is 145 Å². The summed E-state index contributed by atoms with van der Waals surface area (Å²) < 4.78 is 54.3. The van der Waals surface area contributed by atoms with Gasteiger partial charge in [-0.3, -0.25) is 4.90 Å². The zero-order valence-corrected chi connectivity index (χ0v) is 33.5. The van der Waals surface area contributed by atoms with Gasteiger partial charge >= 0.3 is 13.2 Å². The van der Waals surface area contributed by atoms with Gasteiger partial charge in [-0.25, -0.2) is 4.99 Å². The Hall–Kier alpha value is -4.21. The standard InChI is InChI=1S/C32H41F2N3O.C4H6.C3H8.C2H4F2O.C2H6/c1-7-26(4)30(35-31(36(5)6)28-17-13-10-14-18-28)21-22-37(24-27-15-11-9-12-16-27)23-25(3)19-20-29(8-2)38-32(33)34;1-3-4-2;1-3-2;1-5-2(3)4;1-2/h7-21,25,32H,22-24H2,1-6H3;3-4H,1-2H2;3H2,1-2H3;2H,1H3;1-2H3/b20-19-,26-7+,29-8+,30-21+,35-31?;;;;. The first-order valence-corrected chi connectivity index (χ1v) is 17.6. The maximum atomic E-state index is 12.6. The minimum absolute atomic E-state index is 0.111. The van der Waals surface area contributed by atoms with Crippen LogP contribution in [-0.2, 0) is 16.0 Å². The second-order valence-electron chi connectivity index (χ2n) is 11.0. The summed E-state index contributed by atoms with van der Waals surface area (Å²) in [4.78, 5) is 9.44. The van der Waals surface area contributed by atoms with Crippen molar-refractivity contribution >= 4 is 5.84 Å². The third kappa shape index (κ3) is 28.5. The van der Waals surface area contributed by atoms with Crippen LogP contribution in [0.1, 0.15) is 72.9 Å². The Morgan fingerprint density at radius 1 is 0.865 bits per heavy atom. The minimum atomic E-state index is -2.84. The molecule has 0 bridgehead atoms. The Labute approximate surface area is 313 Å². The molecule has 0 saturated carbocycles. The van der Waals surface area contributed by atoms with Crippen LogP contribution in [0.15, 0.2) is 138 Å². The van der Waals surface area contributed by atoms with Crippen LogP contribution in [0.3, 0.4) is 0 Å². The van der Waals surface area contributed by atoms with E-state index >= 15 is 0 Å². The number of amidine groups is 1. The van der Waals surface area contributed by atoms with Gasteiger partial charge in [0.2, 0.25) is 0 Å². The van der Waals surface area contributed by atoms with Gasteiger partial charge in [-0.1, -0.05) is 139 Å². The first-order valence-electron chi connectivity index (χ1n) is 17.6. The van der Waals surface area contributed by atoms with Crippen LogP contribution in [0.2, 0.25) is 0 Å². The number of aliphatic imine (C=N–C) groups is 1. The first-order chi connectivity index (χ1) is 24.8. The average Bonchev–Trinajstić information content (AvgIpc) is 3.14. The molecule has 2 aromatic rings. The van der Waals surface area contributed by atoms with Crippen molar-refractivity contribution in [3.8, 4) is 0 Å². The highest BCUT2D eigenvalue weighted by molar-refractivity contribution is 5.99. The molecule has 0 radical (unpaired) electrons. The molecular weight excluding hydrogens is 666 g/mol. The van der Waals surface area contributed by atoms with E-state index in [1.165, 1.54) is 12.0 Å². The highest BCUT2D eigenvalue weighted by Gasteiger charge is 2.12. The van der Waals surface area contributed by atoms with Crippen molar-refractivity contribution < 1.29 is 27.0 Å². The van der Waals surface area contributed by atoms with E-state index in [1.807, 2.05) is 82.2 Å². The molecule has 5 nitrogen and oxygen atoms in total. The van der Waals surface area contributed by atoms with Crippen molar-refractivity contribution in [1.29, 1.82) is 0 Å². The molecule has 0 aliphatic heterocycles. The van der Waals surface area contributed by atoms with Crippen LogP contribution in [0.4, 0.5) is 17.6 Å². The second kappa shape index (κ2) is 35.2. The van der Waals surface area contributed by atoms with Crippen LogP contribution < -0.4 is 0 Å². The van der Waals surface area contributed by atoms with Gasteiger partial charge in [0.15, 0.2) is 0 Å². The topological polar surface area (TPSA) is 37.3 Å². The highest BCUT2D eigenvalue weighted by atomic mass is 19.3. The Kier molecular flexibility index (Phi) is 35.3. The summed E-state index contributed by atoms with van der Waals surface area (Å²) in [6.45, 7) is 19.5. The average molecular weight is 732 g/mol. The number of hydrogen-bond donors (Lipinski definition) is 0. The number of nitrogens with zero attached hydrogens (tertiary/aromatic N) is 3. The van der Waals surface area contributed by atoms with E-state index in [0.29, 0.717) is 6.54 Å². The van der Waals surface area contributed by atoms with Crippen molar-refractivity contribution in [1.82, 2.24) is 9.80 Å². The number of ether oxygens (including phenoxy) is 2. The summed E-state index contributed by atoms with van der Waals surface area (Å²) in [6, 6.07) is 20.5. The molecule has 2 rings (SSSR count). The third-order valence-electron chi connectivity index (χ3n) is 6.30. The molecule has 2 aromatic carbocycles. The largest absolute Gasteiger partial charge is 0.435 e. The third-order valence-corrected chi connectivity index (χ3v) is 6.30. The lowest BCUT2D eigenvalue weighted by Crippen LogP contribution is -2.28. The smallest absolute Gasteiger partial charge is 0.387 e. The van der Waals surface area contributed by atoms with Crippen molar-refractivity contribution in [2.45, 2.75) is 81.6 Å². The normalized spacial score (nSPS) is 12.3. The van der Waals surface area contributed by atoms with E-state index in [0.717, 1.165) is 42.9 Å². The fraction of sp³-hybridized carbons (Fsp3) is 0.419. The molecule has 0 aromatic heterocycles. The maximum absolute atomic E-state index is 12.6. The number of halogens is 4. The minimum Gasteiger partial charge on any atom is -0.435 e. The SMILES string of the molecule is C/C=C(\C=C/C(C)CN(C/C=C(N=C(c1ccccc1)N(C)C)\C(C)=C\C)Cc1ccccc1)OC(F)F.C=CC=C.CC.CCC.COC(F)F. The van der Waals surface area contributed by atoms with Gasteiger partial charge in [-0.05, 0) is 56.1 Å². The molecule has 0 aliphatic rings. The quantitative estimate of drug-likeness (QED) is 0.0601. The Bertz CT molecular complexity index is 1300. The predicted octanol–water partition coefficient (Wildman–Crippen LogP) is 12.3. The number of methoxy groups -OCH3 is 1. The molecule has 0 saturated heterocycles. The number of rotatable bonds is 15. The van der Waals surface area contributed by atoms with E-state index in [2.05, 4.69) is 91.6 Å². The number of benzene rings is 2. The number of alkyl halides is 4. The van der Waals surface area contributed by atoms with Crippen LogP contribution in [-0.4, -0.2) is 63.2 Å². The van der Waals surface area contributed by atoms with Gasteiger partial charge in [-0.2, -0.15) is 17.6 Å². The van der Waals surface area contributed by atoms with E-state index in [4.69, 9.17) is 4.99 Å². The van der Waals surface area contributed by atoms with E-state index in [9.17, 15) is 17.6 Å². The predicted molar refractivity (Wildman–Crippen MR) is 216 cm³/mol. The molecule has 0 spiro atoms. The first kappa shape index (κ1) is 52.2. The Morgan fingerprint density at radius 3 is 1.77 bits per heavy atom. The van der Waals surface area contributed by atoms with Crippen molar-refractivity contribution in [3.63, 3.8) is 0 Å². The molecule has 0 aliphatic carbocycles.